The first-order chi connectivity index (χ1) is 10.0. The van der Waals surface area contributed by atoms with E-state index in [0.717, 1.165) is 6.42 Å². The van der Waals surface area contributed by atoms with Gasteiger partial charge in [0, 0.05) is 18.7 Å². The molecule has 1 unspecified atom stereocenters. The van der Waals surface area contributed by atoms with Gasteiger partial charge in [-0.2, -0.15) is 0 Å². The Morgan fingerprint density at radius 1 is 1.33 bits per heavy atom. The van der Waals surface area contributed by atoms with Gasteiger partial charge in [-0.25, -0.2) is 4.79 Å². The maximum atomic E-state index is 11.8. The predicted octanol–water partition coefficient (Wildman–Crippen LogP) is 1.69. The molecule has 1 saturated heterocycles. The van der Waals surface area contributed by atoms with E-state index in [1.807, 2.05) is 6.92 Å². The molecule has 2 rings (SSSR count). The van der Waals surface area contributed by atoms with Crippen LogP contribution >= 0.6 is 0 Å². The van der Waals surface area contributed by atoms with Crippen LogP contribution in [0.5, 0.6) is 0 Å². The summed E-state index contributed by atoms with van der Waals surface area (Å²) in [6.45, 7) is 2.44. The maximum Gasteiger partial charge on any atom is 0.338 e. The second kappa shape index (κ2) is 6.39. The molecule has 0 aromatic heterocycles. The predicted molar refractivity (Wildman–Crippen MR) is 75.1 cm³/mol. The number of aliphatic carboxylic acids is 1. The van der Waals surface area contributed by atoms with Crippen LogP contribution in [-0.4, -0.2) is 36.1 Å². The van der Waals surface area contributed by atoms with Crippen molar-refractivity contribution in [1.29, 1.82) is 0 Å². The van der Waals surface area contributed by atoms with Crippen molar-refractivity contribution in [3.8, 4) is 0 Å². The third-order valence-electron chi connectivity index (χ3n) is 3.33. The minimum atomic E-state index is -0.967. The number of esters is 1. The molecule has 0 saturated carbocycles. The van der Waals surface area contributed by atoms with Crippen molar-refractivity contribution < 1.29 is 24.2 Å². The molecule has 1 aliphatic rings. The molecule has 1 aromatic rings. The van der Waals surface area contributed by atoms with Crippen LogP contribution in [0.1, 0.15) is 30.1 Å². The Labute approximate surface area is 122 Å². The van der Waals surface area contributed by atoms with Crippen LogP contribution in [0, 0.1) is 5.92 Å². The highest BCUT2D eigenvalue weighted by Crippen LogP contribution is 2.25. The standard InChI is InChI=1S/C15H17NO5/c1-2-7-21-15(20)10-3-5-12(6-4-10)16-9-11(14(18)19)8-13(16)17/h3-6,11H,2,7-9H2,1H3,(H,18,19). The quantitative estimate of drug-likeness (QED) is 0.835. The Morgan fingerprint density at radius 2 is 2.00 bits per heavy atom. The number of nitrogens with zero attached hydrogens (tertiary/aromatic N) is 1. The van der Waals surface area contributed by atoms with Gasteiger partial charge >= 0.3 is 11.9 Å². The van der Waals surface area contributed by atoms with Gasteiger partial charge in [-0.15, -0.1) is 0 Å². The third-order valence-corrected chi connectivity index (χ3v) is 3.33. The number of hydrogen-bond donors (Lipinski definition) is 1. The number of hydrogen-bond acceptors (Lipinski definition) is 4. The lowest BCUT2D eigenvalue weighted by Gasteiger charge is -2.16. The lowest BCUT2D eigenvalue weighted by molar-refractivity contribution is -0.141. The molecule has 1 fully saturated rings. The van der Waals surface area contributed by atoms with Crippen LogP contribution < -0.4 is 4.90 Å². The molecule has 0 aliphatic carbocycles. The number of carboxylic acid groups (broad SMARTS) is 1. The highest BCUT2D eigenvalue weighted by atomic mass is 16.5. The third kappa shape index (κ3) is 3.39. The molecule has 0 bridgehead atoms. The van der Waals surface area contributed by atoms with Gasteiger partial charge in [-0.1, -0.05) is 6.92 Å². The van der Waals surface area contributed by atoms with Crippen molar-refractivity contribution in [2.24, 2.45) is 5.92 Å². The largest absolute Gasteiger partial charge is 0.481 e. The average Bonchev–Trinajstić information content (AvgIpc) is 2.87. The van der Waals surface area contributed by atoms with E-state index in [-0.39, 0.29) is 18.9 Å². The van der Waals surface area contributed by atoms with E-state index >= 15 is 0 Å². The zero-order valence-electron chi connectivity index (χ0n) is 11.7. The summed E-state index contributed by atoms with van der Waals surface area (Å²) < 4.78 is 5.02. The van der Waals surface area contributed by atoms with Gasteiger partial charge in [0.05, 0.1) is 18.1 Å². The number of benzene rings is 1. The molecule has 1 N–H and O–H groups in total. The number of rotatable bonds is 5. The fourth-order valence-corrected chi connectivity index (χ4v) is 2.18. The summed E-state index contributed by atoms with van der Waals surface area (Å²) in [5.41, 5.74) is 1.00. The lowest BCUT2D eigenvalue weighted by Crippen LogP contribution is -2.25. The van der Waals surface area contributed by atoms with Crippen molar-refractivity contribution in [2.45, 2.75) is 19.8 Å². The van der Waals surface area contributed by atoms with Crippen LogP contribution in [0.25, 0.3) is 0 Å². The summed E-state index contributed by atoms with van der Waals surface area (Å²) >= 11 is 0. The molecule has 1 aliphatic heterocycles. The molecule has 0 spiro atoms. The van der Waals surface area contributed by atoms with Crippen molar-refractivity contribution in [3.63, 3.8) is 0 Å². The van der Waals surface area contributed by atoms with E-state index in [1.165, 1.54) is 4.90 Å². The number of anilines is 1. The number of carbonyl (C=O) groups is 3. The van der Waals surface area contributed by atoms with Gasteiger partial charge in [-0.3, -0.25) is 9.59 Å². The number of carboxylic acids is 1. The highest BCUT2D eigenvalue weighted by Gasteiger charge is 2.35. The summed E-state index contributed by atoms with van der Waals surface area (Å²) in [5, 5.41) is 8.95. The average molecular weight is 291 g/mol. The van der Waals surface area contributed by atoms with E-state index in [2.05, 4.69) is 0 Å². The highest BCUT2D eigenvalue weighted by molar-refractivity contribution is 5.99. The smallest absolute Gasteiger partial charge is 0.338 e. The summed E-state index contributed by atoms with van der Waals surface area (Å²) in [5.74, 6) is -2.26. The molecular formula is C15H17NO5. The number of ether oxygens (including phenoxy) is 1. The van der Waals surface area contributed by atoms with E-state index in [4.69, 9.17) is 9.84 Å². The molecular weight excluding hydrogens is 274 g/mol. The molecule has 112 valence electrons. The minimum absolute atomic E-state index is 0.00955. The van der Waals surface area contributed by atoms with Crippen molar-refractivity contribution >= 4 is 23.5 Å². The maximum absolute atomic E-state index is 11.8. The zero-order chi connectivity index (χ0) is 15.4. The first kappa shape index (κ1) is 15.0. The molecule has 6 nitrogen and oxygen atoms in total. The Morgan fingerprint density at radius 3 is 2.52 bits per heavy atom. The van der Waals surface area contributed by atoms with Gasteiger partial charge in [0.15, 0.2) is 0 Å². The zero-order valence-corrected chi connectivity index (χ0v) is 11.7. The van der Waals surface area contributed by atoms with Crippen LogP contribution in [0.3, 0.4) is 0 Å². The lowest BCUT2D eigenvalue weighted by atomic mass is 10.1. The van der Waals surface area contributed by atoms with Gasteiger partial charge in [-0.05, 0) is 30.7 Å². The number of carbonyl (C=O) groups excluding carboxylic acids is 2. The molecule has 1 amide bonds. The van der Waals surface area contributed by atoms with Crippen molar-refractivity contribution in [3.05, 3.63) is 29.8 Å². The van der Waals surface area contributed by atoms with Crippen LogP contribution in [0.4, 0.5) is 5.69 Å². The molecule has 1 heterocycles. The molecule has 6 heteroatoms. The van der Waals surface area contributed by atoms with Gasteiger partial charge in [0.2, 0.25) is 5.91 Å². The summed E-state index contributed by atoms with van der Waals surface area (Å²) in [6, 6.07) is 6.42. The molecule has 1 atom stereocenters. The Balaban J connectivity index is 2.07. The first-order valence-corrected chi connectivity index (χ1v) is 6.83. The Bertz CT molecular complexity index is 552. The second-order valence-corrected chi connectivity index (χ2v) is 4.93. The molecule has 21 heavy (non-hydrogen) atoms. The van der Waals surface area contributed by atoms with Crippen LogP contribution in [0.2, 0.25) is 0 Å². The van der Waals surface area contributed by atoms with Crippen LogP contribution in [-0.2, 0) is 14.3 Å². The van der Waals surface area contributed by atoms with E-state index < -0.39 is 17.9 Å². The topological polar surface area (TPSA) is 83.9 Å². The van der Waals surface area contributed by atoms with E-state index in [1.54, 1.807) is 24.3 Å². The monoisotopic (exact) mass is 291 g/mol. The molecule has 0 radical (unpaired) electrons. The summed E-state index contributed by atoms with van der Waals surface area (Å²) in [7, 11) is 0. The van der Waals surface area contributed by atoms with E-state index in [9.17, 15) is 14.4 Å². The summed E-state index contributed by atoms with van der Waals surface area (Å²) in [6.07, 6.45) is 0.762. The Hall–Kier alpha value is -2.37. The van der Waals surface area contributed by atoms with Crippen molar-refractivity contribution in [2.75, 3.05) is 18.1 Å². The summed E-state index contributed by atoms with van der Waals surface area (Å²) in [4.78, 5) is 35.8. The minimum Gasteiger partial charge on any atom is -0.481 e. The fraction of sp³-hybridized carbons (Fsp3) is 0.400. The SMILES string of the molecule is CCCOC(=O)c1ccc(N2CC(C(=O)O)CC2=O)cc1. The normalized spacial score (nSPS) is 17.9. The van der Waals surface area contributed by atoms with Crippen LogP contribution in [0.15, 0.2) is 24.3 Å². The van der Waals surface area contributed by atoms with Gasteiger partial charge in [0.25, 0.3) is 0 Å². The Kier molecular flexibility index (Phi) is 4.57. The van der Waals surface area contributed by atoms with Gasteiger partial charge in [0.1, 0.15) is 0 Å². The van der Waals surface area contributed by atoms with Crippen molar-refractivity contribution in [1.82, 2.24) is 0 Å². The van der Waals surface area contributed by atoms with Gasteiger partial charge < -0.3 is 14.7 Å². The fourth-order valence-electron chi connectivity index (χ4n) is 2.18. The molecule has 1 aromatic carbocycles. The first-order valence-electron chi connectivity index (χ1n) is 6.83. The number of amides is 1. The second-order valence-electron chi connectivity index (χ2n) is 4.93. The van der Waals surface area contributed by atoms with E-state index in [0.29, 0.717) is 17.9 Å².